The van der Waals surface area contributed by atoms with E-state index in [2.05, 4.69) is 26.6 Å². The van der Waals surface area contributed by atoms with Gasteiger partial charge < -0.3 is 20.1 Å². The second-order valence-electron chi connectivity index (χ2n) is 7.52. The van der Waals surface area contributed by atoms with Crippen molar-refractivity contribution in [2.24, 2.45) is 0 Å². The first kappa shape index (κ1) is 23.0. The molecule has 4 rings (SSSR count). The van der Waals surface area contributed by atoms with Gasteiger partial charge in [-0.15, -0.1) is 0 Å². The average Bonchev–Trinajstić information content (AvgIpc) is 3.47. The van der Waals surface area contributed by atoms with Gasteiger partial charge >= 0.3 is 0 Å². The van der Waals surface area contributed by atoms with Crippen LogP contribution in [0.5, 0.6) is 11.8 Å². The van der Waals surface area contributed by atoms with Crippen molar-refractivity contribution in [3.8, 4) is 11.8 Å². The lowest BCUT2D eigenvalue weighted by Gasteiger charge is -2.14. The van der Waals surface area contributed by atoms with Crippen LogP contribution in [0.4, 0.5) is 14.6 Å². The van der Waals surface area contributed by atoms with E-state index < -0.39 is 41.2 Å². The Morgan fingerprint density at radius 2 is 1.91 bits per heavy atom. The molecule has 1 atom stereocenters. The van der Waals surface area contributed by atoms with E-state index in [1.54, 1.807) is 4.90 Å². The van der Waals surface area contributed by atoms with Crippen LogP contribution < -0.4 is 15.2 Å². The highest BCUT2D eigenvalue weighted by atomic mass is 19.1. The zero-order valence-corrected chi connectivity index (χ0v) is 18.4. The number of carbonyl (C=O) groups is 2. The minimum Gasteiger partial charge on any atom is -0.479 e. The van der Waals surface area contributed by atoms with E-state index in [0.717, 1.165) is 14.2 Å². The highest BCUT2D eigenvalue weighted by molar-refractivity contribution is 6.09. The van der Waals surface area contributed by atoms with Crippen LogP contribution in [0.2, 0.25) is 0 Å². The number of halogens is 2. The van der Waals surface area contributed by atoms with Crippen LogP contribution in [0, 0.1) is 11.6 Å². The van der Waals surface area contributed by atoms with Gasteiger partial charge in [-0.25, -0.2) is 23.4 Å². The summed E-state index contributed by atoms with van der Waals surface area (Å²) in [6.45, 7) is 4.28. The number of ketones is 1. The number of hydrogen-bond acceptors (Lipinski definition) is 9. The SMILES string of the molecule is C=CC(=O)N1CC[C@H](n2nc(C(=O)Cc3c(F)c(OC)nc(OC)c3F)c3c(N)ncnc32)C1. The van der Waals surface area contributed by atoms with Gasteiger partial charge in [0, 0.05) is 25.1 Å². The maximum absolute atomic E-state index is 14.8. The Morgan fingerprint density at radius 3 is 2.53 bits per heavy atom. The Bertz CT molecular complexity index is 1280. The quantitative estimate of drug-likeness (QED) is 0.399. The van der Waals surface area contributed by atoms with E-state index in [9.17, 15) is 18.4 Å². The maximum Gasteiger partial charge on any atom is 0.253 e. The molecule has 34 heavy (non-hydrogen) atoms. The number of ether oxygens (including phenoxy) is 2. The first-order chi connectivity index (χ1) is 16.3. The van der Waals surface area contributed by atoms with Crippen LogP contribution in [0.15, 0.2) is 19.0 Å². The number of anilines is 1. The van der Waals surface area contributed by atoms with Gasteiger partial charge in [0.25, 0.3) is 11.8 Å². The fraction of sp³-hybridized carbons (Fsp3) is 0.333. The van der Waals surface area contributed by atoms with Crippen molar-refractivity contribution in [3.63, 3.8) is 0 Å². The standard InChI is InChI=1S/C21H21F2N7O4/c1-4-13(32)29-6-5-10(8-29)30-19-14(18(24)25-9-26-19)17(28-30)12(31)7-11-15(22)20(33-2)27-21(34-3)16(11)23/h4,9-10H,1,5-8H2,2-3H3,(H2,24,25,26)/t10-/m0/s1. The summed E-state index contributed by atoms with van der Waals surface area (Å²) in [4.78, 5) is 38.5. The second kappa shape index (κ2) is 9.00. The fourth-order valence-corrected chi connectivity index (χ4v) is 3.93. The van der Waals surface area contributed by atoms with Crippen molar-refractivity contribution in [2.45, 2.75) is 18.9 Å². The number of Topliss-reactive ketones (excluding diaryl/α,β-unsaturated/α-hetero) is 1. The topological polar surface area (TPSA) is 138 Å². The number of nitrogens with zero attached hydrogens (tertiary/aromatic N) is 6. The third-order valence-corrected chi connectivity index (χ3v) is 5.61. The number of nitrogens with two attached hydrogens (primary N) is 1. The molecule has 178 valence electrons. The van der Waals surface area contributed by atoms with Gasteiger partial charge in [0.15, 0.2) is 23.1 Å². The molecule has 4 heterocycles. The van der Waals surface area contributed by atoms with Gasteiger partial charge in [0.1, 0.15) is 17.8 Å². The van der Waals surface area contributed by atoms with Gasteiger partial charge in [0.05, 0.1) is 25.6 Å². The Labute approximate surface area is 192 Å². The van der Waals surface area contributed by atoms with Crippen molar-refractivity contribution in [2.75, 3.05) is 33.0 Å². The van der Waals surface area contributed by atoms with Crippen LogP contribution in [-0.2, 0) is 11.2 Å². The first-order valence-electron chi connectivity index (χ1n) is 10.2. The molecular weight excluding hydrogens is 452 g/mol. The van der Waals surface area contributed by atoms with E-state index in [1.807, 2.05) is 0 Å². The molecule has 1 amide bonds. The van der Waals surface area contributed by atoms with Crippen LogP contribution in [0.25, 0.3) is 11.0 Å². The number of hydrogen-bond donors (Lipinski definition) is 1. The van der Waals surface area contributed by atoms with Crippen molar-refractivity contribution in [1.29, 1.82) is 0 Å². The number of nitrogen functional groups attached to an aromatic ring is 1. The number of amides is 1. The highest BCUT2D eigenvalue weighted by Crippen LogP contribution is 2.32. The molecule has 2 N–H and O–H groups in total. The Balaban J connectivity index is 1.76. The molecule has 0 aliphatic carbocycles. The lowest BCUT2D eigenvalue weighted by Crippen LogP contribution is -2.27. The van der Waals surface area contributed by atoms with Crippen LogP contribution in [0.1, 0.15) is 28.5 Å². The largest absolute Gasteiger partial charge is 0.479 e. The molecule has 1 fully saturated rings. The van der Waals surface area contributed by atoms with Gasteiger partial charge in [-0.1, -0.05) is 6.58 Å². The van der Waals surface area contributed by atoms with E-state index in [0.29, 0.717) is 19.5 Å². The predicted octanol–water partition coefficient (Wildman–Crippen LogP) is 1.48. The Morgan fingerprint density at radius 1 is 1.24 bits per heavy atom. The molecule has 0 radical (unpaired) electrons. The van der Waals surface area contributed by atoms with Crippen molar-refractivity contribution >= 4 is 28.5 Å². The Kier molecular flexibility index (Phi) is 6.09. The van der Waals surface area contributed by atoms with Gasteiger partial charge in [0.2, 0.25) is 5.91 Å². The molecule has 11 nitrogen and oxygen atoms in total. The van der Waals surface area contributed by atoms with Crippen LogP contribution in [-0.4, -0.2) is 68.6 Å². The van der Waals surface area contributed by atoms with Crippen molar-refractivity contribution in [3.05, 3.63) is 41.9 Å². The molecular formula is C21H21F2N7O4. The summed E-state index contributed by atoms with van der Waals surface area (Å²) in [5.41, 5.74) is 5.56. The van der Waals surface area contributed by atoms with Crippen LogP contribution in [0.3, 0.4) is 0 Å². The normalized spacial score (nSPS) is 15.5. The predicted molar refractivity (Wildman–Crippen MR) is 115 cm³/mol. The van der Waals surface area contributed by atoms with E-state index in [-0.39, 0.29) is 34.5 Å². The zero-order chi connectivity index (χ0) is 24.6. The summed E-state index contributed by atoms with van der Waals surface area (Å²) in [6, 6.07) is -0.295. The molecule has 13 heteroatoms. The molecule has 1 saturated heterocycles. The van der Waals surface area contributed by atoms with Crippen molar-refractivity contribution in [1.82, 2.24) is 29.6 Å². The molecule has 3 aromatic heterocycles. The molecule has 1 aliphatic heterocycles. The minimum absolute atomic E-state index is 0.0116. The van der Waals surface area contributed by atoms with Gasteiger partial charge in [-0.2, -0.15) is 10.1 Å². The smallest absolute Gasteiger partial charge is 0.253 e. The third kappa shape index (κ3) is 3.78. The van der Waals surface area contributed by atoms with Gasteiger partial charge in [-0.05, 0) is 12.5 Å². The number of rotatable bonds is 7. The number of aromatic nitrogens is 5. The average molecular weight is 473 g/mol. The number of pyridine rings is 1. The minimum atomic E-state index is -1.13. The number of likely N-dealkylation sites (tertiary alicyclic amines) is 1. The number of carbonyl (C=O) groups excluding carboxylic acids is 2. The summed E-state index contributed by atoms with van der Waals surface area (Å²) < 4.78 is 40.7. The lowest BCUT2D eigenvalue weighted by atomic mass is 10.1. The number of methoxy groups -OCH3 is 2. The summed E-state index contributed by atoms with van der Waals surface area (Å²) in [5.74, 6) is -4.25. The summed E-state index contributed by atoms with van der Waals surface area (Å²) >= 11 is 0. The molecule has 0 bridgehead atoms. The molecule has 0 aromatic carbocycles. The van der Waals surface area contributed by atoms with Crippen LogP contribution >= 0.6 is 0 Å². The van der Waals surface area contributed by atoms with E-state index in [4.69, 9.17) is 15.2 Å². The zero-order valence-electron chi connectivity index (χ0n) is 18.4. The molecule has 0 saturated carbocycles. The summed E-state index contributed by atoms with van der Waals surface area (Å²) in [7, 11) is 2.31. The van der Waals surface area contributed by atoms with Gasteiger partial charge in [-0.3, -0.25) is 9.59 Å². The molecule has 0 unspecified atom stereocenters. The summed E-state index contributed by atoms with van der Waals surface area (Å²) in [6.07, 6.45) is 2.29. The highest BCUT2D eigenvalue weighted by Gasteiger charge is 2.32. The lowest BCUT2D eigenvalue weighted by molar-refractivity contribution is -0.125. The Hall–Kier alpha value is -4.16. The third-order valence-electron chi connectivity index (χ3n) is 5.61. The first-order valence-corrected chi connectivity index (χ1v) is 10.2. The van der Waals surface area contributed by atoms with E-state index in [1.165, 1.54) is 17.1 Å². The maximum atomic E-state index is 14.8. The molecule has 0 spiro atoms. The fourth-order valence-electron chi connectivity index (χ4n) is 3.93. The van der Waals surface area contributed by atoms with Crippen molar-refractivity contribution < 1.29 is 27.8 Å². The van der Waals surface area contributed by atoms with E-state index >= 15 is 0 Å². The number of fused-ring (bicyclic) bond motifs is 1. The molecule has 1 aliphatic rings. The molecule has 3 aromatic rings. The summed E-state index contributed by atoms with van der Waals surface area (Å²) in [5, 5.41) is 4.55. The monoisotopic (exact) mass is 473 g/mol. The second-order valence-corrected chi connectivity index (χ2v) is 7.52.